The Bertz CT molecular complexity index is 729. The Balaban J connectivity index is 1.97. The number of likely N-dealkylation sites (N-methyl/N-ethyl adjacent to an activating group) is 1. The summed E-state index contributed by atoms with van der Waals surface area (Å²) in [5.74, 6) is -0.666. The third-order valence-corrected chi connectivity index (χ3v) is 3.98. The number of anilines is 1. The summed E-state index contributed by atoms with van der Waals surface area (Å²) in [6.07, 6.45) is -4.41. The zero-order valence-electron chi connectivity index (χ0n) is 13.8. The predicted octanol–water partition coefficient (Wildman–Crippen LogP) is 2.89. The van der Waals surface area contributed by atoms with Crippen LogP contribution in [0.4, 0.5) is 23.2 Å². The van der Waals surface area contributed by atoms with Crippen LogP contribution in [0.25, 0.3) is 0 Å². The Hall–Kier alpha value is -2.41. The van der Waals surface area contributed by atoms with Gasteiger partial charge in [0.1, 0.15) is 12.4 Å². The predicted molar refractivity (Wildman–Crippen MR) is 86.5 cm³/mol. The van der Waals surface area contributed by atoms with Gasteiger partial charge in [0, 0.05) is 11.3 Å². The second-order valence-corrected chi connectivity index (χ2v) is 5.94. The first kappa shape index (κ1) is 18.9. The molecular weight excluding hydrogens is 336 g/mol. The molecule has 0 aromatic heterocycles. The van der Waals surface area contributed by atoms with Gasteiger partial charge in [-0.1, -0.05) is 12.1 Å². The standard InChI is InChI=1S/C18H18F4N2O/c1-12(24(2)11-13-4-3-5-15(19)10-13)17(25)23-16-8-6-14(7-9-16)18(20,21)22/h3-10,12H,11H2,1-2H3,(H,23,25)/p+1/t12-/m1/s1. The molecule has 134 valence electrons. The number of hydrogen-bond acceptors (Lipinski definition) is 1. The summed E-state index contributed by atoms with van der Waals surface area (Å²) < 4.78 is 50.8. The quantitative estimate of drug-likeness (QED) is 0.795. The molecule has 2 aromatic rings. The van der Waals surface area contributed by atoms with Gasteiger partial charge in [0.25, 0.3) is 5.91 Å². The van der Waals surface area contributed by atoms with Gasteiger partial charge in [0.2, 0.25) is 0 Å². The van der Waals surface area contributed by atoms with Gasteiger partial charge in [-0.2, -0.15) is 13.2 Å². The van der Waals surface area contributed by atoms with E-state index in [1.54, 1.807) is 26.1 Å². The van der Waals surface area contributed by atoms with E-state index in [1.165, 1.54) is 24.3 Å². The molecule has 7 heteroatoms. The second-order valence-electron chi connectivity index (χ2n) is 5.94. The van der Waals surface area contributed by atoms with Gasteiger partial charge in [0.15, 0.2) is 6.04 Å². The lowest BCUT2D eigenvalue weighted by molar-refractivity contribution is -0.907. The van der Waals surface area contributed by atoms with E-state index in [0.717, 1.165) is 22.6 Å². The third kappa shape index (κ3) is 5.29. The summed E-state index contributed by atoms with van der Waals surface area (Å²) in [6, 6.07) is 9.94. The largest absolute Gasteiger partial charge is 0.416 e. The van der Waals surface area contributed by atoms with Crippen LogP contribution in [-0.4, -0.2) is 19.0 Å². The molecule has 0 fully saturated rings. The van der Waals surface area contributed by atoms with E-state index in [1.807, 2.05) is 0 Å². The van der Waals surface area contributed by atoms with Crippen molar-refractivity contribution in [3.8, 4) is 0 Å². The number of quaternary nitrogens is 1. The first-order valence-corrected chi connectivity index (χ1v) is 7.71. The number of carbonyl (C=O) groups excluding carboxylic acids is 1. The number of rotatable bonds is 5. The molecule has 0 radical (unpaired) electrons. The Morgan fingerprint density at radius 3 is 2.36 bits per heavy atom. The first-order valence-electron chi connectivity index (χ1n) is 7.71. The summed E-state index contributed by atoms with van der Waals surface area (Å²) in [4.78, 5) is 13.1. The number of amides is 1. The van der Waals surface area contributed by atoms with Crippen LogP contribution in [-0.2, 0) is 17.5 Å². The monoisotopic (exact) mass is 355 g/mol. The fourth-order valence-corrected chi connectivity index (χ4v) is 2.34. The highest BCUT2D eigenvalue weighted by Crippen LogP contribution is 2.29. The maximum absolute atomic E-state index is 13.2. The molecule has 25 heavy (non-hydrogen) atoms. The molecule has 0 saturated heterocycles. The molecule has 2 atom stereocenters. The average molecular weight is 355 g/mol. The maximum Gasteiger partial charge on any atom is 0.416 e. The number of benzene rings is 2. The lowest BCUT2D eigenvalue weighted by Crippen LogP contribution is -3.12. The minimum atomic E-state index is -4.41. The van der Waals surface area contributed by atoms with Gasteiger partial charge in [-0.3, -0.25) is 4.79 Å². The van der Waals surface area contributed by atoms with Crippen LogP contribution in [0.15, 0.2) is 48.5 Å². The van der Waals surface area contributed by atoms with Crippen molar-refractivity contribution in [2.75, 3.05) is 12.4 Å². The molecule has 0 heterocycles. The Morgan fingerprint density at radius 2 is 1.80 bits per heavy atom. The van der Waals surface area contributed by atoms with Gasteiger partial charge >= 0.3 is 6.18 Å². The first-order chi connectivity index (χ1) is 11.7. The molecule has 1 amide bonds. The van der Waals surface area contributed by atoms with Gasteiger partial charge in [-0.25, -0.2) is 4.39 Å². The molecule has 2 N–H and O–H groups in total. The minimum Gasteiger partial charge on any atom is -0.324 e. The van der Waals surface area contributed by atoms with Crippen molar-refractivity contribution < 1.29 is 27.3 Å². The van der Waals surface area contributed by atoms with Crippen molar-refractivity contribution in [2.24, 2.45) is 0 Å². The van der Waals surface area contributed by atoms with Crippen molar-refractivity contribution in [3.63, 3.8) is 0 Å². The Kier molecular flexibility index (Phi) is 5.79. The summed E-state index contributed by atoms with van der Waals surface area (Å²) in [6.45, 7) is 2.15. The average Bonchev–Trinajstić information content (AvgIpc) is 2.53. The summed E-state index contributed by atoms with van der Waals surface area (Å²) in [7, 11) is 1.79. The number of hydrogen-bond donors (Lipinski definition) is 2. The fraction of sp³-hybridized carbons (Fsp3) is 0.278. The molecule has 0 aliphatic heterocycles. The van der Waals surface area contributed by atoms with Gasteiger partial charge in [0.05, 0.1) is 12.6 Å². The molecular formula is C18H19F4N2O+. The van der Waals surface area contributed by atoms with Crippen molar-refractivity contribution in [2.45, 2.75) is 25.7 Å². The number of alkyl halides is 3. The molecule has 2 rings (SSSR count). The summed E-state index contributed by atoms with van der Waals surface area (Å²) >= 11 is 0. The van der Waals surface area contributed by atoms with Gasteiger partial charge in [-0.15, -0.1) is 0 Å². The molecule has 0 bridgehead atoms. The number of carbonyl (C=O) groups is 1. The van der Waals surface area contributed by atoms with E-state index in [4.69, 9.17) is 0 Å². The van der Waals surface area contributed by atoms with Crippen LogP contribution >= 0.6 is 0 Å². The van der Waals surface area contributed by atoms with Crippen molar-refractivity contribution in [3.05, 3.63) is 65.5 Å². The Morgan fingerprint density at radius 1 is 1.16 bits per heavy atom. The topological polar surface area (TPSA) is 33.5 Å². The lowest BCUT2D eigenvalue weighted by atomic mass is 10.1. The highest BCUT2D eigenvalue weighted by molar-refractivity contribution is 5.93. The van der Waals surface area contributed by atoms with Crippen LogP contribution in [0.2, 0.25) is 0 Å². The van der Waals surface area contributed by atoms with E-state index < -0.39 is 17.8 Å². The zero-order chi connectivity index (χ0) is 18.6. The van der Waals surface area contributed by atoms with E-state index in [-0.39, 0.29) is 11.7 Å². The normalized spacial score (nSPS) is 14.0. The minimum absolute atomic E-state index is 0.295. The molecule has 0 saturated carbocycles. The fourth-order valence-electron chi connectivity index (χ4n) is 2.34. The highest BCUT2D eigenvalue weighted by Gasteiger charge is 2.30. The smallest absolute Gasteiger partial charge is 0.324 e. The maximum atomic E-state index is 13.2. The van der Waals surface area contributed by atoms with Crippen molar-refractivity contribution >= 4 is 11.6 Å². The zero-order valence-corrected chi connectivity index (χ0v) is 13.8. The van der Waals surface area contributed by atoms with Gasteiger partial charge in [-0.05, 0) is 43.3 Å². The lowest BCUT2D eigenvalue weighted by Gasteiger charge is -2.21. The van der Waals surface area contributed by atoms with E-state index in [2.05, 4.69) is 5.32 Å². The molecule has 0 aliphatic carbocycles. The van der Waals surface area contributed by atoms with Gasteiger partial charge < -0.3 is 10.2 Å². The Labute approximate surface area is 143 Å². The molecule has 0 aliphatic rings. The van der Waals surface area contributed by atoms with E-state index in [9.17, 15) is 22.4 Å². The molecule has 0 spiro atoms. The van der Waals surface area contributed by atoms with Crippen LogP contribution in [0, 0.1) is 5.82 Å². The number of nitrogens with one attached hydrogen (secondary N) is 2. The molecule has 3 nitrogen and oxygen atoms in total. The van der Waals surface area contributed by atoms with E-state index in [0.29, 0.717) is 12.2 Å². The number of halogens is 4. The van der Waals surface area contributed by atoms with Crippen molar-refractivity contribution in [1.82, 2.24) is 0 Å². The molecule has 1 unspecified atom stereocenters. The van der Waals surface area contributed by atoms with Crippen LogP contribution in [0.1, 0.15) is 18.1 Å². The van der Waals surface area contributed by atoms with Crippen LogP contribution in [0.3, 0.4) is 0 Å². The highest BCUT2D eigenvalue weighted by atomic mass is 19.4. The van der Waals surface area contributed by atoms with Crippen LogP contribution in [0.5, 0.6) is 0 Å². The summed E-state index contributed by atoms with van der Waals surface area (Å²) in [5, 5.41) is 2.60. The summed E-state index contributed by atoms with van der Waals surface area (Å²) in [5.41, 5.74) is 0.280. The van der Waals surface area contributed by atoms with Crippen molar-refractivity contribution in [1.29, 1.82) is 0 Å². The van der Waals surface area contributed by atoms with Crippen LogP contribution < -0.4 is 10.2 Å². The van der Waals surface area contributed by atoms with E-state index >= 15 is 0 Å². The third-order valence-electron chi connectivity index (χ3n) is 3.98. The molecule has 2 aromatic carbocycles. The second kappa shape index (κ2) is 7.65. The SMILES string of the molecule is C[C@H](C(=O)Nc1ccc(C(F)(F)F)cc1)[NH+](C)Cc1cccc(F)c1.